The second-order valence-corrected chi connectivity index (χ2v) is 5.03. The van der Waals surface area contributed by atoms with Gasteiger partial charge in [-0.15, -0.1) is 0 Å². The van der Waals surface area contributed by atoms with Crippen LogP contribution in [0.25, 0.3) is 0 Å². The van der Waals surface area contributed by atoms with E-state index in [1.165, 1.54) is 6.92 Å². The number of benzene rings is 1. The van der Waals surface area contributed by atoms with E-state index in [9.17, 15) is 4.79 Å². The summed E-state index contributed by atoms with van der Waals surface area (Å²) in [7, 11) is 1.92. The zero-order valence-corrected chi connectivity index (χ0v) is 11.7. The molecule has 0 bridgehead atoms. The molecular formula is C15H18N2O2. The molecule has 0 aliphatic rings. The van der Waals surface area contributed by atoms with Crippen LogP contribution in [0.15, 0.2) is 36.7 Å². The summed E-state index contributed by atoms with van der Waals surface area (Å²) in [5.74, 6) is 1.39. The second kappa shape index (κ2) is 4.88. The van der Waals surface area contributed by atoms with Gasteiger partial charge in [0.05, 0.1) is 5.56 Å². The largest absolute Gasteiger partial charge is 0.479 e. The third-order valence-corrected chi connectivity index (χ3v) is 2.99. The van der Waals surface area contributed by atoms with Gasteiger partial charge in [0.2, 0.25) is 0 Å². The maximum absolute atomic E-state index is 11.6. The molecule has 0 fully saturated rings. The summed E-state index contributed by atoms with van der Waals surface area (Å²) >= 11 is 0. The summed E-state index contributed by atoms with van der Waals surface area (Å²) in [6.45, 7) is 5.41. The monoisotopic (exact) mass is 258 g/mol. The first-order valence-corrected chi connectivity index (χ1v) is 6.18. The molecule has 1 aromatic carbocycles. The van der Waals surface area contributed by atoms with Gasteiger partial charge in [-0.1, -0.05) is 12.1 Å². The predicted molar refractivity (Wildman–Crippen MR) is 73.3 cm³/mol. The van der Waals surface area contributed by atoms with E-state index in [1.54, 1.807) is 18.3 Å². The molecule has 0 spiro atoms. The molecule has 0 radical (unpaired) electrons. The lowest BCUT2D eigenvalue weighted by molar-refractivity contribution is 0.0894. The van der Waals surface area contributed by atoms with Gasteiger partial charge in [-0.05, 0) is 32.9 Å². The molecule has 2 rings (SSSR count). The van der Waals surface area contributed by atoms with Gasteiger partial charge < -0.3 is 9.30 Å². The fourth-order valence-electron chi connectivity index (χ4n) is 2.11. The number of aryl methyl sites for hydroxylation is 1. The minimum absolute atomic E-state index is 0.00811. The number of para-hydroxylation sites is 1. The van der Waals surface area contributed by atoms with E-state index in [-0.39, 0.29) is 5.78 Å². The number of nitrogens with zero attached hydrogens (tertiary/aromatic N) is 2. The van der Waals surface area contributed by atoms with Crippen LogP contribution in [0.5, 0.6) is 5.75 Å². The smallest absolute Gasteiger partial charge is 0.163 e. The Morgan fingerprint density at radius 1 is 1.32 bits per heavy atom. The topological polar surface area (TPSA) is 44.1 Å². The standard InChI is InChI=1S/C15H18N2O2/c1-11(18)12-7-5-6-8-13(12)19-15(2,3)14-16-9-10-17(14)4/h5-10H,1-4H3. The minimum atomic E-state index is -0.607. The first kappa shape index (κ1) is 13.3. The normalized spacial score (nSPS) is 11.4. The van der Waals surface area contributed by atoms with Crippen LogP contribution >= 0.6 is 0 Å². The SMILES string of the molecule is CC(=O)c1ccccc1OC(C)(C)c1nccn1C. The average Bonchev–Trinajstić information content (AvgIpc) is 2.76. The lowest BCUT2D eigenvalue weighted by Crippen LogP contribution is -2.29. The van der Waals surface area contributed by atoms with Crippen molar-refractivity contribution in [2.24, 2.45) is 7.05 Å². The number of carbonyl (C=O) groups excluding carboxylic acids is 1. The van der Waals surface area contributed by atoms with Crippen molar-refractivity contribution in [1.82, 2.24) is 9.55 Å². The van der Waals surface area contributed by atoms with Crippen LogP contribution < -0.4 is 4.74 Å². The van der Waals surface area contributed by atoms with Crippen LogP contribution in [0.4, 0.5) is 0 Å². The van der Waals surface area contributed by atoms with Gasteiger partial charge in [0, 0.05) is 19.4 Å². The van der Waals surface area contributed by atoms with E-state index in [2.05, 4.69) is 4.98 Å². The Hall–Kier alpha value is -2.10. The Balaban J connectivity index is 2.36. The Morgan fingerprint density at radius 2 is 2.00 bits per heavy atom. The molecule has 0 N–H and O–H groups in total. The number of ether oxygens (including phenoxy) is 1. The molecule has 0 saturated carbocycles. The van der Waals surface area contributed by atoms with Crippen LogP contribution in [-0.2, 0) is 12.6 Å². The molecular weight excluding hydrogens is 240 g/mol. The summed E-state index contributed by atoms with van der Waals surface area (Å²) in [4.78, 5) is 15.9. The number of ketones is 1. The first-order chi connectivity index (χ1) is 8.92. The number of hydrogen-bond donors (Lipinski definition) is 0. The highest BCUT2D eigenvalue weighted by Gasteiger charge is 2.28. The van der Waals surface area contributed by atoms with Crippen molar-refractivity contribution >= 4 is 5.78 Å². The fourth-order valence-corrected chi connectivity index (χ4v) is 2.11. The molecule has 100 valence electrons. The summed E-state index contributed by atoms with van der Waals surface area (Å²) in [6.07, 6.45) is 3.61. The average molecular weight is 258 g/mol. The van der Waals surface area contributed by atoms with E-state index < -0.39 is 5.60 Å². The van der Waals surface area contributed by atoms with Crippen LogP contribution in [0.2, 0.25) is 0 Å². The second-order valence-electron chi connectivity index (χ2n) is 5.03. The number of carbonyl (C=O) groups is 1. The molecule has 19 heavy (non-hydrogen) atoms. The molecule has 0 aliphatic carbocycles. The quantitative estimate of drug-likeness (QED) is 0.792. The van der Waals surface area contributed by atoms with Gasteiger partial charge in [-0.25, -0.2) is 4.98 Å². The number of aromatic nitrogens is 2. The van der Waals surface area contributed by atoms with Crippen molar-refractivity contribution in [2.45, 2.75) is 26.4 Å². The van der Waals surface area contributed by atoms with Crippen molar-refractivity contribution in [3.63, 3.8) is 0 Å². The third-order valence-electron chi connectivity index (χ3n) is 2.99. The highest BCUT2D eigenvalue weighted by Crippen LogP contribution is 2.29. The minimum Gasteiger partial charge on any atom is -0.479 e. The highest BCUT2D eigenvalue weighted by molar-refractivity contribution is 5.96. The van der Waals surface area contributed by atoms with Crippen molar-refractivity contribution < 1.29 is 9.53 Å². The van der Waals surface area contributed by atoms with E-state index in [4.69, 9.17) is 4.74 Å². The van der Waals surface area contributed by atoms with E-state index in [0.717, 1.165) is 5.82 Å². The van der Waals surface area contributed by atoms with E-state index in [0.29, 0.717) is 11.3 Å². The van der Waals surface area contributed by atoms with Crippen molar-refractivity contribution in [1.29, 1.82) is 0 Å². The van der Waals surface area contributed by atoms with Gasteiger partial charge in [-0.2, -0.15) is 0 Å². The van der Waals surface area contributed by atoms with Gasteiger partial charge in [0.1, 0.15) is 5.75 Å². The summed E-state index contributed by atoms with van der Waals surface area (Å²) in [5.41, 5.74) is -0.0196. The van der Waals surface area contributed by atoms with Crippen LogP contribution in [0.1, 0.15) is 37.0 Å². The van der Waals surface area contributed by atoms with Gasteiger partial charge in [-0.3, -0.25) is 4.79 Å². The molecule has 4 nitrogen and oxygen atoms in total. The predicted octanol–water partition coefficient (Wildman–Crippen LogP) is 2.94. The lowest BCUT2D eigenvalue weighted by Gasteiger charge is -2.26. The highest BCUT2D eigenvalue weighted by atomic mass is 16.5. The molecule has 0 saturated heterocycles. The van der Waals surface area contributed by atoms with Crippen molar-refractivity contribution in [3.05, 3.63) is 48.0 Å². The number of imidazole rings is 1. The molecule has 1 aromatic heterocycles. The summed E-state index contributed by atoms with van der Waals surface area (Å²) in [6, 6.07) is 7.27. The number of rotatable bonds is 4. The Kier molecular flexibility index (Phi) is 3.42. The Bertz CT molecular complexity index is 600. The van der Waals surface area contributed by atoms with Gasteiger partial charge in [0.25, 0.3) is 0 Å². The lowest BCUT2D eigenvalue weighted by atomic mass is 10.1. The van der Waals surface area contributed by atoms with Gasteiger partial charge in [0.15, 0.2) is 17.2 Å². The Morgan fingerprint density at radius 3 is 2.58 bits per heavy atom. The number of hydrogen-bond acceptors (Lipinski definition) is 3. The van der Waals surface area contributed by atoms with E-state index in [1.807, 2.05) is 43.8 Å². The maximum Gasteiger partial charge on any atom is 0.163 e. The third kappa shape index (κ3) is 2.67. The zero-order chi connectivity index (χ0) is 14.0. The van der Waals surface area contributed by atoms with Crippen LogP contribution in [0.3, 0.4) is 0 Å². The molecule has 0 atom stereocenters. The van der Waals surface area contributed by atoms with Crippen LogP contribution in [0, 0.1) is 0 Å². The van der Waals surface area contributed by atoms with Crippen molar-refractivity contribution in [3.8, 4) is 5.75 Å². The molecule has 4 heteroatoms. The first-order valence-electron chi connectivity index (χ1n) is 6.18. The van der Waals surface area contributed by atoms with Crippen LogP contribution in [-0.4, -0.2) is 15.3 Å². The molecule has 0 amide bonds. The summed E-state index contributed by atoms with van der Waals surface area (Å²) in [5, 5.41) is 0. The maximum atomic E-state index is 11.6. The number of Topliss-reactive ketones (excluding diaryl/α,β-unsaturated/α-hetero) is 1. The zero-order valence-electron chi connectivity index (χ0n) is 11.7. The van der Waals surface area contributed by atoms with E-state index >= 15 is 0 Å². The summed E-state index contributed by atoms with van der Waals surface area (Å²) < 4.78 is 7.93. The Labute approximate surface area is 113 Å². The van der Waals surface area contributed by atoms with Gasteiger partial charge >= 0.3 is 0 Å². The molecule has 0 unspecified atom stereocenters. The fraction of sp³-hybridized carbons (Fsp3) is 0.333. The molecule has 2 aromatic rings. The van der Waals surface area contributed by atoms with Crippen molar-refractivity contribution in [2.75, 3.05) is 0 Å². The molecule has 1 heterocycles. The molecule has 0 aliphatic heterocycles.